The number of amides is 1. The Morgan fingerprint density at radius 3 is 2.56 bits per heavy atom. The first-order valence-electron chi connectivity index (χ1n) is 5.30. The summed E-state index contributed by atoms with van der Waals surface area (Å²) in [4.78, 5) is 24.0. The van der Waals surface area contributed by atoms with E-state index in [1.54, 1.807) is 20.9 Å². The normalized spacial score (nSPS) is 11.4. The van der Waals surface area contributed by atoms with Crippen molar-refractivity contribution in [2.45, 2.75) is 26.7 Å². The van der Waals surface area contributed by atoms with Gasteiger partial charge in [0.15, 0.2) is 0 Å². The number of carbonyl (C=O) groups excluding carboxylic acids is 2. The van der Waals surface area contributed by atoms with Crippen molar-refractivity contribution >= 4 is 11.9 Å². The number of hydrogen-bond acceptors (Lipinski definition) is 4. The zero-order valence-corrected chi connectivity index (χ0v) is 10.0. The standard InChI is InChI=1S/C11H18N2O3/c1-4-16-11(15)6-5-10(14)13(3)8-9(2)7-12/h9H,4-6,8H2,1-3H3. The maximum absolute atomic E-state index is 11.5. The van der Waals surface area contributed by atoms with Crippen LogP contribution in [0.25, 0.3) is 0 Å². The molecule has 0 bridgehead atoms. The molecule has 1 amide bonds. The van der Waals surface area contributed by atoms with E-state index in [2.05, 4.69) is 6.07 Å². The van der Waals surface area contributed by atoms with Crippen molar-refractivity contribution in [1.82, 2.24) is 4.90 Å². The lowest BCUT2D eigenvalue weighted by molar-refractivity contribution is -0.145. The number of nitriles is 1. The van der Waals surface area contributed by atoms with Gasteiger partial charge in [0.1, 0.15) is 0 Å². The van der Waals surface area contributed by atoms with Crippen molar-refractivity contribution in [1.29, 1.82) is 5.26 Å². The van der Waals surface area contributed by atoms with E-state index in [1.807, 2.05) is 0 Å². The quantitative estimate of drug-likeness (QED) is 0.632. The van der Waals surface area contributed by atoms with Crippen LogP contribution in [-0.4, -0.2) is 37.0 Å². The molecule has 0 aliphatic rings. The molecule has 0 aliphatic carbocycles. The molecule has 0 spiro atoms. The summed E-state index contributed by atoms with van der Waals surface area (Å²) in [6.07, 6.45) is 0.228. The number of hydrogen-bond donors (Lipinski definition) is 0. The molecule has 0 aromatic carbocycles. The molecule has 1 atom stereocenters. The minimum Gasteiger partial charge on any atom is -0.466 e. The SMILES string of the molecule is CCOC(=O)CCC(=O)N(C)CC(C)C#N. The monoisotopic (exact) mass is 226 g/mol. The van der Waals surface area contributed by atoms with Gasteiger partial charge in [-0.05, 0) is 13.8 Å². The average molecular weight is 226 g/mol. The Bertz CT molecular complexity index is 283. The Labute approximate surface area is 96.0 Å². The average Bonchev–Trinajstić information content (AvgIpc) is 2.25. The molecule has 16 heavy (non-hydrogen) atoms. The zero-order chi connectivity index (χ0) is 12.6. The second-order valence-corrected chi connectivity index (χ2v) is 3.61. The van der Waals surface area contributed by atoms with Gasteiger partial charge in [0.25, 0.3) is 0 Å². The largest absolute Gasteiger partial charge is 0.466 e. The van der Waals surface area contributed by atoms with Crippen LogP contribution in [0, 0.1) is 17.2 Å². The second kappa shape index (κ2) is 7.69. The lowest BCUT2D eigenvalue weighted by Gasteiger charge is -2.17. The zero-order valence-electron chi connectivity index (χ0n) is 10.0. The molecule has 5 heteroatoms. The predicted octanol–water partition coefficient (Wildman–Crippen LogP) is 0.948. The lowest BCUT2D eigenvalue weighted by atomic mass is 10.2. The topological polar surface area (TPSA) is 70.4 Å². The number of nitrogens with zero attached hydrogens (tertiary/aromatic N) is 2. The third-order valence-corrected chi connectivity index (χ3v) is 2.04. The summed E-state index contributed by atoms with van der Waals surface area (Å²) in [7, 11) is 1.63. The van der Waals surface area contributed by atoms with Gasteiger partial charge in [-0.1, -0.05) is 0 Å². The van der Waals surface area contributed by atoms with Crippen LogP contribution in [0.1, 0.15) is 26.7 Å². The first kappa shape index (κ1) is 14.4. The van der Waals surface area contributed by atoms with Crippen molar-refractivity contribution in [2.24, 2.45) is 5.92 Å². The first-order chi connectivity index (χ1) is 7.51. The fraction of sp³-hybridized carbons (Fsp3) is 0.727. The molecule has 0 radical (unpaired) electrons. The van der Waals surface area contributed by atoms with Crippen LogP contribution < -0.4 is 0 Å². The molecule has 5 nitrogen and oxygen atoms in total. The molecule has 90 valence electrons. The molecular formula is C11H18N2O3. The summed E-state index contributed by atoms with van der Waals surface area (Å²) in [6, 6.07) is 2.05. The van der Waals surface area contributed by atoms with Crippen molar-refractivity contribution in [3.63, 3.8) is 0 Å². The van der Waals surface area contributed by atoms with Crippen LogP contribution in [-0.2, 0) is 14.3 Å². The van der Waals surface area contributed by atoms with Crippen LogP contribution in [0.5, 0.6) is 0 Å². The third-order valence-electron chi connectivity index (χ3n) is 2.04. The smallest absolute Gasteiger partial charge is 0.306 e. The van der Waals surface area contributed by atoms with Gasteiger partial charge in [-0.2, -0.15) is 5.26 Å². The molecule has 0 saturated heterocycles. The number of ether oxygens (including phenoxy) is 1. The fourth-order valence-corrected chi connectivity index (χ4v) is 1.19. The molecule has 0 aromatic rings. The van der Waals surface area contributed by atoms with Crippen molar-refractivity contribution < 1.29 is 14.3 Å². The van der Waals surface area contributed by atoms with Crippen LogP contribution in [0.3, 0.4) is 0 Å². The molecule has 1 unspecified atom stereocenters. The van der Waals surface area contributed by atoms with Crippen LogP contribution >= 0.6 is 0 Å². The van der Waals surface area contributed by atoms with E-state index in [0.717, 1.165) is 0 Å². The highest BCUT2D eigenvalue weighted by Gasteiger charge is 2.13. The summed E-state index contributed by atoms with van der Waals surface area (Å²) >= 11 is 0. The van der Waals surface area contributed by atoms with E-state index >= 15 is 0 Å². The van der Waals surface area contributed by atoms with Gasteiger partial charge in [-0.15, -0.1) is 0 Å². The Kier molecular flexibility index (Phi) is 6.93. The van der Waals surface area contributed by atoms with Gasteiger partial charge in [0, 0.05) is 20.0 Å². The molecular weight excluding hydrogens is 208 g/mol. The van der Waals surface area contributed by atoms with Crippen LogP contribution in [0.15, 0.2) is 0 Å². The van der Waals surface area contributed by atoms with Crippen molar-refractivity contribution in [3.8, 4) is 6.07 Å². The van der Waals surface area contributed by atoms with E-state index in [9.17, 15) is 9.59 Å². The molecule has 0 fully saturated rings. The predicted molar refractivity (Wildman–Crippen MR) is 58.3 cm³/mol. The molecule has 0 aromatic heterocycles. The molecule has 0 N–H and O–H groups in total. The lowest BCUT2D eigenvalue weighted by Crippen LogP contribution is -2.30. The van der Waals surface area contributed by atoms with Crippen LogP contribution in [0.4, 0.5) is 0 Å². The van der Waals surface area contributed by atoms with E-state index in [1.165, 1.54) is 4.90 Å². The minimum atomic E-state index is -0.363. The highest BCUT2D eigenvalue weighted by atomic mass is 16.5. The Balaban J connectivity index is 3.89. The van der Waals surface area contributed by atoms with Gasteiger partial charge >= 0.3 is 5.97 Å². The maximum atomic E-state index is 11.5. The van der Waals surface area contributed by atoms with Crippen molar-refractivity contribution in [2.75, 3.05) is 20.2 Å². The van der Waals surface area contributed by atoms with Crippen LogP contribution in [0.2, 0.25) is 0 Å². The summed E-state index contributed by atoms with van der Waals surface area (Å²) in [5.74, 6) is -0.704. The van der Waals surface area contributed by atoms with Gasteiger partial charge in [-0.25, -0.2) is 0 Å². The number of esters is 1. The highest BCUT2D eigenvalue weighted by Crippen LogP contribution is 2.01. The molecule has 0 rings (SSSR count). The maximum Gasteiger partial charge on any atom is 0.306 e. The van der Waals surface area contributed by atoms with Gasteiger partial charge in [0.2, 0.25) is 5.91 Å². The molecule has 0 saturated carbocycles. The van der Waals surface area contributed by atoms with E-state index < -0.39 is 0 Å². The number of rotatable bonds is 6. The van der Waals surface area contributed by atoms with E-state index in [4.69, 9.17) is 10.00 Å². The summed E-state index contributed by atoms with van der Waals surface area (Å²) in [6.45, 7) is 4.18. The fourth-order valence-electron chi connectivity index (χ4n) is 1.19. The van der Waals surface area contributed by atoms with Crippen molar-refractivity contribution in [3.05, 3.63) is 0 Å². The Morgan fingerprint density at radius 2 is 2.06 bits per heavy atom. The minimum absolute atomic E-state index is 0.0952. The van der Waals surface area contributed by atoms with Gasteiger partial charge in [-0.3, -0.25) is 9.59 Å². The first-order valence-corrected chi connectivity index (χ1v) is 5.30. The Morgan fingerprint density at radius 1 is 1.44 bits per heavy atom. The molecule has 0 heterocycles. The molecule has 0 aliphatic heterocycles. The van der Waals surface area contributed by atoms with E-state index in [-0.39, 0.29) is 30.6 Å². The second-order valence-electron chi connectivity index (χ2n) is 3.61. The summed E-state index contributed by atoms with van der Waals surface area (Å²) in [5.41, 5.74) is 0. The Hall–Kier alpha value is -1.57. The van der Waals surface area contributed by atoms with Gasteiger partial charge < -0.3 is 9.64 Å². The number of carbonyl (C=O) groups is 2. The van der Waals surface area contributed by atoms with Gasteiger partial charge in [0.05, 0.1) is 25.0 Å². The van der Waals surface area contributed by atoms with E-state index in [0.29, 0.717) is 13.2 Å². The summed E-state index contributed by atoms with van der Waals surface area (Å²) < 4.78 is 4.71. The highest BCUT2D eigenvalue weighted by molar-refractivity contribution is 5.81. The summed E-state index contributed by atoms with van der Waals surface area (Å²) in [5, 5.41) is 8.59. The third kappa shape index (κ3) is 6.02.